The number of nitriles is 1. The molecular weight excluding hydrogens is 316 g/mol. The molecule has 0 N–H and O–H groups in total. The molecule has 0 unspecified atom stereocenters. The molecule has 0 bridgehead atoms. The number of hydrogen-bond donors (Lipinski definition) is 0. The monoisotopic (exact) mass is 329 g/mol. The fourth-order valence-corrected chi connectivity index (χ4v) is 2.38. The van der Waals surface area contributed by atoms with Gasteiger partial charge in [0.05, 0.1) is 35.4 Å². The standard InChI is InChI=1S/C16H13F2N5O/c1-22-9-21-11-8-20-15(6-13(11)22)23(2)12-4-3-10(7-19)5-14(12)24-16(17)18/h3-6,8-9,16H,1-2H3. The quantitative estimate of drug-likeness (QED) is 0.735. The minimum atomic E-state index is -2.99. The molecule has 0 saturated heterocycles. The average molecular weight is 329 g/mol. The summed E-state index contributed by atoms with van der Waals surface area (Å²) in [5.41, 5.74) is 2.21. The van der Waals surface area contributed by atoms with Crippen molar-refractivity contribution in [1.29, 1.82) is 5.26 Å². The lowest BCUT2D eigenvalue weighted by molar-refractivity contribution is -0.0494. The summed E-state index contributed by atoms with van der Waals surface area (Å²) < 4.78 is 31.7. The van der Waals surface area contributed by atoms with Gasteiger partial charge in [-0.2, -0.15) is 14.0 Å². The molecule has 1 aromatic carbocycles. The molecule has 0 aliphatic rings. The number of imidazole rings is 1. The van der Waals surface area contributed by atoms with Crippen LogP contribution in [-0.4, -0.2) is 28.2 Å². The fraction of sp³-hybridized carbons (Fsp3) is 0.188. The molecule has 0 fully saturated rings. The van der Waals surface area contributed by atoms with Crippen LogP contribution >= 0.6 is 0 Å². The van der Waals surface area contributed by atoms with Gasteiger partial charge in [-0.25, -0.2) is 9.97 Å². The van der Waals surface area contributed by atoms with Gasteiger partial charge in [-0.15, -0.1) is 0 Å². The molecule has 8 heteroatoms. The van der Waals surface area contributed by atoms with Crippen molar-refractivity contribution in [1.82, 2.24) is 14.5 Å². The van der Waals surface area contributed by atoms with Gasteiger partial charge in [0.1, 0.15) is 11.3 Å². The van der Waals surface area contributed by atoms with Gasteiger partial charge in [0, 0.05) is 26.2 Å². The summed E-state index contributed by atoms with van der Waals surface area (Å²) in [7, 11) is 3.54. The Morgan fingerprint density at radius 1 is 1.29 bits per heavy atom. The second kappa shape index (κ2) is 6.12. The first kappa shape index (κ1) is 15.7. The fourth-order valence-electron chi connectivity index (χ4n) is 2.38. The SMILES string of the molecule is CN(c1cc2c(cn1)ncn2C)c1ccc(C#N)cc1OC(F)F. The molecule has 0 amide bonds. The molecule has 0 spiro atoms. The molecule has 6 nitrogen and oxygen atoms in total. The summed E-state index contributed by atoms with van der Waals surface area (Å²) in [6.07, 6.45) is 3.28. The van der Waals surface area contributed by atoms with E-state index < -0.39 is 6.61 Å². The van der Waals surface area contributed by atoms with Gasteiger partial charge in [-0.3, -0.25) is 0 Å². The number of pyridine rings is 1. The van der Waals surface area contributed by atoms with Crippen LogP contribution in [0, 0.1) is 11.3 Å². The van der Waals surface area contributed by atoms with Crippen LogP contribution in [0.15, 0.2) is 36.8 Å². The van der Waals surface area contributed by atoms with Crippen LogP contribution in [0.3, 0.4) is 0 Å². The lowest BCUT2D eigenvalue weighted by Gasteiger charge is -2.21. The number of fused-ring (bicyclic) bond motifs is 1. The third kappa shape index (κ3) is 2.84. The lowest BCUT2D eigenvalue weighted by atomic mass is 10.2. The highest BCUT2D eigenvalue weighted by Gasteiger charge is 2.16. The highest BCUT2D eigenvalue weighted by atomic mass is 19.3. The first-order chi connectivity index (χ1) is 11.5. The van der Waals surface area contributed by atoms with E-state index in [-0.39, 0.29) is 11.3 Å². The third-order valence-corrected chi connectivity index (χ3v) is 3.61. The van der Waals surface area contributed by atoms with Crippen LogP contribution in [0.25, 0.3) is 11.0 Å². The Bertz CT molecular complexity index is 932. The van der Waals surface area contributed by atoms with E-state index in [2.05, 4.69) is 14.7 Å². The van der Waals surface area contributed by atoms with Crippen LogP contribution < -0.4 is 9.64 Å². The predicted molar refractivity (Wildman–Crippen MR) is 84.4 cm³/mol. The van der Waals surface area contributed by atoms with E-state index in [0.29, 0.717) is 11.5 Å². The Kier molecular flexibility index (Phi) is 4.00. The van der Waals surface area contributed by atoms with Gasteiger partial charge in [-0.1, -0.05) is 0 Å². The maximum absolute atomic E-state index is 12.7. The van der Waals surface area contributed by atoms with E-state index in [1.165, 1.54) is 12.1 Å². The van der Waals surface area contributed by atoms with E-state index in [0.717, 1.165) is 11.0 Å². The van der Waals surface area contributed by atoms with E-state index in [1.54, 1.807) is 36.6 Å². The highest BCUT2D eigenvalue weighted by Crippen LogP contribution is 2.34. The van der Waals surface area contributed by atoms with Crippen molar-refractivity contribution in [2.75, 3.05) is 11.9 Å². The molecule has 2 heterocycles. The number of aryl methyl sites for hydroxylation is 1. The summed E-state index contributed by atoms with van der Waals surface area (Å²) >= 11 is 0. The molecule has 3 rings (SSSR count). The second-order valence-corrected chi connectivity index (χ2v) is 5.12. The number of alkyl halides is 2. The number of benzene rings is 1. The van der Waals surface area contributed by atoms with Crippen LogP contribution in [0.1, 0.15) is 5.56 Å². The molecule has 0 atom stereocenters. The van der Waals surface area contributed by atoms with E-state index >= 15 is 0 Å². The largest absolute Gasteiger partial charge is 0.433 e. The van der Waals surface area contributed by atoms with Crippen molar-refractivity contribution in [3.8, 4) is 11.8 Å². The van der Waals surface area contributed by atoms with E-state index in [9.17, 15) is 8.78 Å². The molecule has 24 heavy (non-hydrogen) atoms. The zero-order valence-corrected chi connectivity index (χ0v) is 12.9. The van der Waals surface area contributed by atoms with E-state index in [4.69, 9.17) is 5.26 Å². The topological polar surface area (TPSA) is 67.0 Å². The van der Waals surface area contributed by atoms with Crippen molar-refractivity contribution in [2.45, 2.75) is 6.61 Å². The summed E-state index contributed by atoms with van der Waals surface area (Å²) in [5.74, 6) is 0.452. The Morgan fingerprint density at radius 3 is 2.79 bits per heavy atom. The number of rotatable bonds is 4. The Balaban J connectivity index is 2.05. The maximum Gasteiger partial charge on any atom is 0.387 e. The van der Waals surface area contributed by atoms with Gasteiger partial charge in [0.2, 0.25) is 0 Å². The first-order valence-electron chi connectivity index (χ1n) is 6.99. The van der Waals surface area contributed by atoms with Gasteiger partial charge < -0.3 is 14.2 Å². The summed E-state index contributed by atoms with van der Waals surface area (Å²) in [5, 5.41) is 8.94. The molecule has 2 aromatic heterocycles. The minimum absolute atomic E-state index is 0.0848. The lowest BCUT2D eigenvalue weighted by Crippen LogP contribution is -2.14. The summed E-state index contributed by atoms with van der Waals surface area (Å²) in [4.78, 5) is 10.1. The minimum Gasteiger partial charge on any atom is -0.433 e. The van der Waals surface area contributed by atoms with Gasteiger partial charge in [0.15, 0.2) is 5.75 Å². The first-order valence-corrected chi connectivity index (χ1v) is 6.99. The molecule has 0 aliphatic heterocycles. The normalized spacial score (nSPS) is 10.8. The predicted octanol–water partition coefficient (Wildman–Crippen LogP) is 3.21. The zero-order chi connectivity index (χ0) is 17.3. The van der Waals surface area contributed by atoms with E-state index in [1.807, 2.05) is 17.7 Å². The number of aromatic nitrogens is 3. The van der Waals surface area contributed by atoms with Crippen LogP contribution in [0.5, 0.6) is 5.75 Å². The maximum atomic E-state index is 12.7. The number of nitrogens with zero attached hydrogens (tertiary/aromatic N) is 5. The third-order valence-electron chi connectivity index (χ3n) is 3.61. The van der Waals surface area contributed by atoms with Crippen molar-refractivity contribution in [3.05, 3.63) is 42.4 Å². The van der Waals surface area contributed by atoms with Gasteiger partial charge in [0.25, 0.3) is 0 Å². The zero-order valence-electron chi connectivity index (χ0n) is 12.9. The summed E-state index contributed by atoms with van der Waals surface area (Å²) in [6.45, 7) is -2.99. The highest BCUT2D eigenvalue weighted by molar-refractivity contribution is 5.79. The molecule has 0 radical (unpaired) electrons. The smallest absolute Gasteiger partial charge is 0.387 e. The summed E-state index contributed by atoms with van der Waals surface area (Å²) in [6, 6.07) is 8.06. The van der Waals surface area contributed by atoms with Crippen molar-refractivity contribution in [3.63, 3.8) is 0 Å². The molecular formula is C16H13F2N5O. The van der Waals surface area contributed by atoms with Crippen LogP contribution in [0.2, 0.25) is 0 Å². The van der Waals surface area contributed by atoms with Crippen molar-refractivity contribution < 1.29 is 13.5 Å². The molecule has 0 aliphatic carbocycles. The van der Waals surface area contributed by atoms with Crippen LogP contribution in [0.4, 0.5) is 20.3 Å². The van der Waals surface area contributed by atoms with Crippen molar-refractivity contribution in [2.24, 2.45) is 7.05 Å². The van der Waals surface area contributed by atoms with Crippen molar-refractivity contribution >= 4 is 22.5 Å². The number of halogens is 2. The molecule has 122 valence electrons. The van der Waals surface area contributed by atoms with Gasteiger partial charge >= 0.3 is 6.61 Å². The Morgan fingerprint density at radius 2 is 2.08 bits per heavy atom. The molecule has 3 aromatic rings. The Hall–Kier alpha value is -3.21. The second-order valence-electron chi connectivity index (χ2n) is 5.12. The number of hydrogen-bond acceptors (Lipinski definition) is 5. The van der Waals surface area contributed by atoms with Gasteiger partial charge in [-0.05, 0) is 12.1 Å². The number of anilines is 2. The Labute approximate surface area is 136 Å². The molecule has 0 saturated carbocycles. The number of ether oxygens (including phenoxy) is 1. The van der Waals surface area contributed by atoms with Crippen LogP contribution in [-0.2, 0) is 7.05 Å². The average Bonchev–Trinajstić information content (AvgIpc) is 2.94.